The molecule has 0 spiro atoms. The van der Waals surface area contributed by atoms with E-state index in [0.29, 0.717) is 26.2 Å². The van der Waals surface area contributed by atoms with E-state index in [1.165, 1.54) is 0 Å². The van der Waals surface area contributed by atoms with Gasteiger partial charge >= 0.3 is 6.03 Å². The minimum atomic E-state index is -0.127. The summed E-state index contributed by atoms with van der Waals surface area (Å²) in [4.78, 5) is 14.4. The quantitative estimate of drug-likeness (QED) is 0.868. The second-order valence-corrected chi connectivity index (χ2v) is 6.73. The fourth-order valence-corrected chi connectivity index (χ4v) is 3.52. The Labute approximate surface area is 152 Å². The van der Waals surface area contributed by atoms with Crippen LogP contribution < -0.4 is 11.1 Å². The number of ether oxygens (including phenoxy) is 1. The van der Waals surface area contributed by atoms with Crippen molar-refractivity contribution in [1.82, 2.24) is 19.7 Å². The minimum Gasteiger partial charge on any atom is -0.375 e. The molecule has 8 heteroatoms. The van der Waals surface area contributed by atoms with Crippen molar-refractivity contribution in [3.05, 3.63) is 30.1 Å². The van der Waals surface area contributed by atoms with Gasteiger partial charge in [-0.15, -0.1) is 10.2 Å². The van der Waals surface area contributed by atoms with Gasteiger partial charge in [-0.2, -0.15) is 0 Å². The Balaban J connectivity index is 1.49. The van der Waals surface area contributed by atoms with Gasteiger partial charge in [-0.3, -0.25) is 0 Å². The highest BCUT2D eigenvalue weighted by atomic mass is 16.5. The van der Waals surface area contributed by atoms with Gasteiger partial charge < -0.3 is 25.3 Å². The SMILES string of the molecule is NCC1CN(C(=O)Nc2cccc(-c3nnc4n3CCC4)c2)CCCO1. The van der Waals surface area contributed by atoms with E-state index < -0.39 is 0 Å². The Morgan fingerprint density at radius 1 is 1.31 bits per heavy atom. The van der Waals surface area contributed by atoms with Crippen LogP contribution in [0.25, 0.3) is 11.4 Å². The molecule has 1 aromatic heterocycles. The van der Waals surface area contributed by atoms with Crippen LogP contribution in [0.1, 0.15) is 18.7 Å². The molecular weight excluding hydrogens is 332 g/mol. The second kappa shape index (κ2) is 7.43. The topological polar surface area (TPSA) is 98.3 Å². The fourth-order valence-electron chi connectivity index (χ4n) is 3.52. The number of nitrogens with zero attached hydrogens (tertiary/aromatic N) is 4. The number of aromatic nitrogens is 3. The Hall–Kier alpha value is -2.45. The highest BCUT2D eigenvalue weighted by Gasteiger charge is 2.22. The molecule has 1 atom stereocenters. The van der Waals surface area contributed by atoms with Gasteiger partial charge in [0.2, 0.25) is 0 Å². The number of nitrogens with one attached hydrogen (secondary N) is 1. The average Bonchev–Trinajstić information content (AvgIpc) is 3.18. The maximum absolute atomic E-state index is 12.7. The number of hydrogen-bond acceptors (Lipinski definition) is 5. The highest BCUT2D eigenvalue weighted by Crippen LogP contribution is 2.25. The summed E-state index contributed by atoms with van der Waals surface area (Å²) in [5.74, 6) is 1.90. The molecule has 1 aromatic carbocycles. The molecule has 3 heterocycles. The molecule has 138 valence electrons. The number of fused-ring (bicyclic) bond motifs is 1. The molecule has 0 bridgehead atoms. The van der Waals surface area contributed by atoms with E-state index in [0.717, 1.165) is 48.7 Å². The summed E-state index contributed by atoms with van der Waals surface area (Å²) < 4.78 is 7.78. The van der Waals surface area contributed by atoms with Crippen molar-refractivity contribution in [3.63, 3.8) is 0 Å². The molecule has 3 N–H and O–H groups in total. The summed E-state index contributed by atoms with van der Waals surface area (Å²) in [5.41, 5.74) is 7.42. The molecule has 1 saturated heterocycles. The van der Waals surface area contributed by atoms with Gasteiger partial charge in [0, 0.05) is 50.5 Å². The second-order valence-electron chi connectivity index (χ2n) is 6.73. The maximum Gasteiger partial charge on any atom is 0.321 e. The Morgan fingerprint density at radius 2 is 2.23 bits per heavy atom. The third-order valence-corrected chi connectivity index (χ3v) is 4.88. The van der Waals surface area contributed by atoms with Crippen LogP contribution in [0.2, 0.25) is 0 Å². The summed E-state index contributed by atoms with van der Waals surface area (Å²) in [6, 6.07) is 7.63. The average molecular weight is 356 g/mol. The lowest BCUT2D eigenvalue weighted by molar-refractivity contribution is 0.0647. The molecule has 1 unspecified atom stereocenters. The van der Waals surface area contributed by atoms with Crippen molar-refractivity contribution in [2.45, 2.75) is 31.9 Å². The largest absolute Gasteiger partial charge is 0.375 e. The molecule has 2 aromatic rings. The first-order valence-corrected chi connectivity index (χ1v) is 9.14. The lowest BCUT2D eigenvalue weighted by atomic mass is 10.2. The van der Waals surface area contributed by atoms with Crippen LogP contribution in [0.5, 0.6) is 0 Å². The number of nitrogens with two attached hydrogens (primary N) is 1. The number of carbonyl (C=O) groups is 1. The number of amides is 2. The van der Waals surface area contributed by atoms with Crippen molar-refractivity contribution in [2.75, 3.05) is 31.6 Å². The van der Waals surface area contributed by atoms with Gasteiger partial charge in [-0.05, 0) is 25.0 Å². The Morgan fingerprint density at radius 3 is 3.12 bits per heavy atom. The normalized spacial score (nSPS) is 19.9. The van der Waals surface area contributed by atoms with Crippen molar-refractivity contribution < 1.29 is 9.53 Å². The maximum atomic E-state index is 12.7. The molecule has 2 aliphatic rings. The lowest BCUT2D eigenvalue weighted by Crippen LogP contribution is -2.41. The Bertz CT molecular complexity index is 790. The van der Waals surface area contributed by atoms with Crippen LogP contribution in [0.4, 0.5) is 10.5 Å². The van der Waals surface area contributed by atoms with Gasteiger partial charge in [0.15, 0.2) is 5.82 Å². The number of anilines is 1. The molecule has 2 aliphatic heterocycles. The van der Waals surface area contributed by atoms with Crippen LogP contribution in [-0.2, 0) is 17.7 Å². The fraction of sp³-hybridized carbons (Fsp3) is 0.500. The summed E-state index contributed by atoms with van der Waals surface area (Å²) >= 11 is 0. The molecule has 8 nitrogen and oxygen atoms in total. The van der Waals surface area contributed by atoms with Crippen molar-refractivity contribution >= 4 is 11.7 Å². The zero-order chi connectivity index (χ0) is 17.9. The van der Waals surface area contributed by atoms with E-state index in [4.69, 9.17) is 10.5 Å². The zero-order valence-electron chi connectivity index (χ0n) is 14.7. The molecular formula is C18H24N6O2. The number of benzene rings is 1. The monoisotopic (exact) mass is 356 g/mol. The van der Waals surface area contributed by atoms with Crippen molar-refractivity contribution in [3.8, 4) is 11.4 Å². The van der Waals surface area contributed by atoms with E-state index >= 15 is 0 Å². The van der Waals surface area contributed by atoms with Gasteiger partial charge in [-0.1, -0.05) is 12.1 Å². The van der Waals surface area contributed by atoms with Gasteiger partial charge in [0.25, 0.3) is 0 Å². The molecule has 26 heavy (non-hydrogen) atoms. The van der Waals surface area contributed by atoms with E-state index in [9.17, 15) is 4.79 Å². The molecule has 0 aliphatic carbocycles. The zero-order valence-corrected chi connectivity index (χ0v) is 14.7. The molecule has 1 fully saturated rings. The van der Waals surface area contributed by atoms with Crippen molar-refractivity contribution in [1.29, 1.82) is 0 Å². The first-order valence-electron chi connectivity index (χ1n) is 9.14. The van der Waals surface area contributed by atoms with Gasteiger partial charge in [0.1, 0.15) is 5.82 Å². The third kappa shape index (κ3) is 3.42. The number of rotatable bonds is 3. The van der Waals surface area contributed by atoms with Crippen LogP contribution in [0, 0.1) is 0 Å². The number of carbonyl (C=O) groups excluding carboxylic acids is 1. The molecule has 2 amide bonds. The first kappa shape index (κ1) is 17.0. The third-order valence-electron chi connectivity index (χ3n) is 4.88. The smallest absolute Gasteiger partial charge is 0.321 e. The summed E-state index contributed by atoms with van der Waals surface area (Å²) in [7, 11) is 0. The standard InChI is InChI=1S/C18H24N6O2/c19-11-15-12-23(7-3-9-26-15)18(25)20-14-5-1-4-13(10-14)17-22-21-16-6-2-8-24(16)17/h1,4-5,10,15H,2-3,6-9,11-12,19H2,(H,20,25). The van der Waals surface area contributed by atoms with Crippen molar-refractivity contribution in [2.24, 2.45) is 5.73 Å². The molecule has 4 rings (SSSR count). The number of hydrogen-bond donors (Lipinski definition) is 2. The van der Waals surface area contributed by atoms with Crippen LogP contribution in [-0.4, -0.2) is 58.0 Å². The lowest BCUT2D eigenvalue weighted by Gasteiger charge is -2.23. The van der Waals surface area contributed by atoms with E-state index in [-0.39, 0.29) is 12.1 Å². The molecule has 0 radical (unpaired) electrons. The van der Waals surface area contributed by atoms with Crippen LogP contribution in [0.3, 0.4) is 0 Å². The number of urea groups is 1. The summed E-state index contributed by atoms with van der Waals surface area (Å²) in [5, 5.41) is 11.6. The van der Waals surface area contributed by atoms with Gasteiger partial charge in [-0.25, -0.2) is 4.79 Å². The predicted octanol–water partition coefficient (Wildman–Crippen LogP) is 1.47. The Kier molecular flexibility index (Phi) is 4.85. The van der Waals surface area contributed by atoms with Crippen LogP contribution in [0.15, 0.2) is 24.3 Å². The summed E-state index contributed by atoms with van der Waals surface area (Å²) in [6.07, 6.45) is 2.79. The first-order chi connectivity index (χ1) is 12.7. The van der Waals surface area contributed by atoms with Gasteiger partial charge in [0.05, 0.1) is 6.10 Å². The molecule has 0 saturated carbocycles. The van der Waals surface area contributed by atoms with E-state index in [1.807, 2.05) is 24.3 Å². The highest BCUT2D eigenvalue weighted by molar-refractivity contribution is 5.90. The van der Waals surface area contributed by atoms with E-state index in [1.54, 1.807) is 4.90 Å². The minimum absolute atomic E-state index is 0.104. The summed E-state index contributed by atoms with van der Waals surface area (Å²) in [6.45, 7) is 3.18. The van der Waals surface area contributed by atoms with Crippen LogP contribution >= 0.6 is 0 Å². The number of aryl methyl sites for hydroxylation is 1. The van der Waals surface area contributed by atoms with E-state index in [2.05, 4.69) is 20.1 Å². The predicted molar refractivity (Wildman–Crippen MR) is 97.8 cm³/mol.